The minimum absolute atomic E-state index is 0.00561. The molecule has 0 rings (SSSR count). The van der Waals surface area contributed by atoms with E-state index in [0.29, 0.717) is 25.9 Å². The lowest BCUT2D eigenvalue weighted by atomic mass is 9.89. The van der Waals surface area contributed by atoms with Crippen LogP contribution in [0.2, 0.25) is 0 Å². The van der Waals surface area contributed by atoms with Gasteiger partial charge in [0.15, 0.2) is 5.60 Å². The fourth-order valence-electron chi connectivity index (χ4n) is 12.9. The van der Waals surface area contributed by atoms with Crippen LogP contribution in [0.15, 0.2) is 0 Å². The van der Waals surface area contributed by atoms with Crippen LogP contribution in [0.1, 0.15) is 484 Å². The predicted molar refractivity (Wildman–Crippen MR) is 380 cm³/mol. The van der Waals surface area contributed by atoms with E-state index in [2.05, 4.69) is 27.7 Å². The SMILES string of the molecule is CCCCCCCCCCCCCCCCCCCCCCC(O)(CCCCCCCCCCCCCCCC)C(=O)O.CCCCCCCCCCCCCCCCCCCCCCOC(=O)CCCCCCCCCCC(O)CCCCCC. The Kier molecular flexibility index (Phi) is 77.1. The number of rotatable bonds is 74. The fraction of sp³-hybridized carbons (Fsp3) is 0.975. The second kappa shape index (κ2) is 76.3. The van der Waals surface area contributed by atoms with E-state index in [0.717, 1.165) is 57.8 Å². The van der Waals surface area contributed by atoms with Crippen molar-refractivity contribution in [3.8, 4) is 0 Å². The van der Waals surface area contributed by atoms with Crippen molar-refractivity contribution in [3.63, 3.8) is 0 Å². The monoisotopic (exact) mass is 1220 g/mol. The van der Waals surface area contributed by atoms with Gasteiger partial charge < -0.3 is 20.1 Å². The number of carboxylic acid groups (broad SMARTS) is 1. The second-order valence-corrected chi connectivity index (χ2v) is 28.0. The van der Waals surface area contributed by atoms with Gasteiger partial charge in [0.2, 0.25) is 0 Å². The summed E-state index contributed by atoms with van der Waals surface area (Å²) < 4.78 is 5.45. The molecule has 0 aromatic rings. The van der Waals surface area contributed by atoms with Gasteiger partial charge in [-0.25, -0.2) is 4.79 Å². The molecule has 0 aliphatic rings. The van der Waals surface area contributed by atoms with Gasteiger partial charge in [-0.2, -0.15) is 0 Å². The maximum absolute atomic E-state index is 12.0. The quantitative estimate of drug-likeness (QED) is 0.0414. The van der Waals surface area contributed by atoms with Crippen LogP contribution in [0.4, 0.5) is 0 Å². The van der Waals surface area contributed by atoms with Crippen molar-refractivity contribution >= 4 is 11.9 Å². The number of hydrogen-bond acceptors (Lipinski definition) is 5. The molecule has 0 spiro atoms. The molecular formula is C80H160O6. The van der Waals surface area contributed by atoms with Crippen molar-refractivity contribution in [2.45, 2.75) is 495 Å². The molecule has 0 radical (unpaired) electrons. The number of esters is 1. The van der Waals surface area contributed by atoms with Crippen LogP contribution in [0.25, 0.3) is 0 Å². The van der Waals surface area contributed by atoms with Gasteiger partial charge in [0.05, 0.1) is 12.7 Å². The maximum atomic E-state index is 12.0. The molecule has 86 heavy (non-hydrogen) atoms. The Bertz CT molecular complexity index is 1260. The molecule has 516 valence electrons. The zero-order valence-electron chi connectivity index (χ0n) is 59.6. The highest BCUT2D eigenvalue weighted by atomic mass is 16.5. The standard InChI is InChI=1S/2C40H80O3/c1-3-5-7-9-10-11-12-13-14-15-16-17-18-19-20-21-24-27-30-34-38-43-40(42)37-33-29-26-23-22-25-28-32-36-39(41)35-31-8-6-4-2;1-3-5-7-9-11-13-15-17-19-20-21-22-23-24-26-28-30-32-34-36-38-40(43,39(41)42)37-35-33-31-29-27-25-18-16-14-12-10-8-6-4-2/h39,41H,3-38H2,1-2H3;43H,3-38H2,1-2H3,(H,41,42). The first-order chi connectivity index (χ1) is 42.3. The number of carboxylic acids is 1. The molecule has 0 amide bonds. The summed E-state index contributed by atoms with van der Waals surface area (Å²) in [4.78, 5) is 23.7. The summed E-state index contributed by atoms with van der Waals surface area (Å²) in [5.74, 6) is -1.01. The average Bonchev–Trinajstić information content (AvgIpc) is 3.52. The van der Waals surface area contributed by atoms with Crippen molar-refractivity contribution in [2.75, 3.05) is 6.61 Å². The third kappa shape index (κ3) is 73.6. The number of aliphatic hydroxyl groups is 2. The van der Waals surface area contributed by atoms with E-state index in [1.807, 2.05) is 0 Å². The van der Waals surface area contributed by atoms with Crippen LogP contribution >= 0.6 is 0 Å². The molecule has 2 unspecified atom stereocenters. The molecule has 2 atom stereocenters. The van der Waals surface area contributed by atoms with Crippen molar-refractivity contribution in [1.82, 2.24) is 0 Å². The van der Waals surface area contributed by atoms with Gasteiger partial charge >= 0.3 is 11.9 Å². The van der Waals surface area contributed by atoms with Gasteiger partial charge in [0.1, 0.15) is 0 Å². The third-order valence-corrected chi connectivity index (χ3v) is 19.1. The topological polar surface area (TPSA) is 104 Å². The van der Waals surface area contributed by atoms with Crippen molar-refractivity contribution in [2.24, 2.45) is 0 Å². The Morgan fingerprint density at radius 1 is 0.279 bits per heavy atom. The predicted octanol–water partition coefficient (Wildman–Crippen LogP) is 27.5. The van der Waals surface area contributed by atoms with E-state index in [1.54, 1.807) is 0 Å². The normalized spacial score (nSPS) is 12.6. The zero-order valence-corrected chi connectivity index (χ0v) is 59.6. The molecular weight excluding hydrogens is 1060 g/mol. The van der Waals surface area contributed by atoms with E-state index in [-0.39, 0.29) is 12.1 Å². The molecule has 0 aliphatic carbocycles. The van der Waals surface area contributed by atoms with Crippen LogP contribution in [-0.2, 0) is 14.3 Å². The van der Waals surface area contributed by atoms with Gasteiger partial charge in [-0.15, -0.1) is 0 Å². The van der Waals surface area contributed by atoms with Gasteiger partial charge in [-0.1, -0.05) is 426 Å². The molecule has 0 aromatic carbocycles. The molecule has 6 nitrogen and oxygen atoms in total. The third-order valence-electron chi connectivity index (χ3n) is 19.1. The summed E-state index contributed by atoms with van der Waals surface area (Å²) in [7, 11) is 0. The lowest BCUT2D eigenvalue weighted by molar-refractivity contribution is -0.160. The summed E-state index contributed by atoms with van der Waals surface area (Å²) in [5.41, 5.74) is -1.51. The first-order valence-electron chi connectivity index (χ1n) is 40.1. The summed E-state index contributed by atoms with van der Waals surface area (Å²) in [5, 5.41) is 30.4. The lowest BCUT2D eigenvalue weighted by Crippen LogP contribution is -2.38. The van der Waals surface area contributed by atoms with Gasteiger partial charge in [0.25, 0.3) is 0 Å². The second-order valence-electron chi connectivity index (χ2n) is 28.0. The number of unbranched alkanes of at least 4 members (excludes halogenated alkanes) is 61. The largest absolute Gasteiger partial charge is 0.479 e. The highest BCUT2D eigenvalue weighted by Crippen LogP contribution is 2.25. The Hall–Kier alpha value is -1.14. The van der Waals surface area contributed by atoms with Crippen molar-refractivity contribution in [3.05, 3.63) is 0 Å². The Balaban J connectivity index is 0. The van der Waals surface area contributed by atoms with Crippen molar-refractivity contribution in [1.29, 1.82) is 0 Å². The number of carbonyl (C=O) groups excluding carboxylic acids is 1. The molecule has 0 aliphatic heterocycles. The Morgan fingerprint density at radius 3 is 0.698 bits per heavy atom. The maximum Gasteiger partial charge on any atom is 0.335 e. The van der Waals surface area contributed by atoms with Crippen molar-refractivity contribution < 1.29 is 29.6 Å². The van der Waals surface area contributed by atoms with Crippen LogP contribution in [-0.4, -0.2) is 45.6 Å². The minimum Gasteiger partial charge on any atom is -0.479 e. The van der Waals surface area contributed by atoms with E-state index in [9.17, 15) is 24.9 Å². The average molecular weight is 1220 g/mol. The molecule has 0 aromatic heterocycles. The molecule has 0 fully saturated rings. The highest BCUT2D eigenvalue weighted by molar-refractivity contribution is 5.76. The van der Waals surface area contributed by atoms with Crippen LogP contribution < -0.4 is 0 Å². The van der Waals surface area contributed by atoms with E-state index in [4.69, 9.17) is 4.74 Å². The number of aliphatic hydroxyl groups excluding tert-OH is 1. The van der Waals surface area contributed by atoms with Crippen LogP contribution in [0.5, 0.6) is 0 Å². The van der Waals surface area contributed by atoms with Gasteiger partial charge in [-0.05, 0) is 51.4 Å². The summed E-state index contributed by atoms with van der Waals surface area (Å²) >= 11 is 0. The number of aliphatic carboxylic acids is 1. The number of ether oxygens (including phenoxy) is 1. The first kappa shape index (κ1) is 86.9. The molecule has 0 saturated carbocycles. The smallest absolute Gasteiger partial charge is 0.335 e. The summed E-state index contributed by atoms with van der Waals surface area (Å²) in [6.45, 7) is 9.71. The molecule has 0 heterocycles. The molecule has 0 saturated heterocycles. The van der Waals surface area contributed by atoms with Gasteiger partial charge in [-0.3, -0.25) is 4.79 Å². The van der Waals surface area contributed by atoms with Gasteiger partial charge in [0, 0.05) is 6.42 Å². The molecule has 6 heteroatoms. The number of carbonyl (C=O) groups is 2. The minimum atomic E-state index is -1.51. The van der Waals surface area contributed by atoms with Crippen LogP contribution in [0, 0.1) is 0 Å². The van der Waals surface area contributed by atoms with E-state index >= 15 is 0 Å². The fourth-order valence-corrected chi connectivity index (χ4v) is 12.9. The zero-order chi connectivity index (χ0) is 62.9. The van der Waals surface area contributed by atoms with Crippen LogP contribution in [0.3, 0.4) is 0 Å². The van der Waals surface area contributed by atoms with E-state index in [1.165, 1.54) is 379 Å². The summed E-state index contributed by atoms with van der Waals surface area (Å²) in [6.07, 6.45) is 90.6. The highest BCUT2D eigenvalue weighted by Gasteiger charge is 2.34. The Labute approximate surface area is 540 Å². The first-order valence-corrected chi connectivity index (χ1v) is 40.1. The summed E-state index contributed by atoms with van der Waals surface area (Å²) in [6, 6.07) is 0. The molecule has 0 bridgehead atoms. The van der Waals surface area contributed by atoms with E-state index < -0.39 is 11.6 Å². The Morgan fingerprint density at radius 2 is 0.465 bits per heavy atom. The molecule has 3 N–H and O–H groups in total. The lowest BCUT2D eigenvalue weighted by Gasteiger charge is -2.23. The number of hydrogen-bond donors (Lipinski definition) is 3.